The van der Waals surface area contributed by atoms with Crippen LogP contribution in [0, 0.1) is 12.7 Å². The molecule has 1 aliphatic heterocycles. The Morgan fingerprint density at radius 1 is 1.19 bits per heavy atom. The molecule has 106 valence electrons. The number of cyclic esters (lactones) is 1. The zero-order valence-corrected chi connectivity index (χ0v) is 11.4. The number of hydrogen-bond acceptors (Lipinski definition) is 3. The first-order valence-electron chi connectivity index (χ1n) is 6.51. The maximum atomic E-state index is 14.3. The molecule has 0 N–H and O–H groups in total. The minimum Gasteiger partial charge on any atom is -0.442 e. The lowest BCUT2D eigenvalue weighted by molar-refractivity contribution is 0.167. The summed E-state index contributed by atoms with van der Waals surface area (Å²) in [6, 6.07) is 12.1. The van der Waals surface area contributed by atoms with Crippen LogP contribution in [0.25, 0.3) is 11.1 Å². The third kappa shape index (κ3) is 2.63. The number of anilines is 1. The van der Waals surface area contributed by atoms with E-state index in [4.69, 9.17) is 4.74 Å². The van der Waals surface area contributed by atoms with Crippen LogP contribution in [0.15, 0.2) is 47.6 Å². The fourth-order valence-corrected chi connectivity index (χ4v) is 2.11. The van der Waals surface area contributed by atoms with Gasteiger partial charge in [-0.3, -0.25) is 0 Å². The summed E-state index contributed by atoms with van der Waals surface area (Å²) >= 11 is 0. The summed E-state index contributed by atoms with van der Waals surface area (Å²) in [5, 5.41) is 4.94. The molecule has 4 nitrogen and oxygen atoms in total. The van der Waals surface area contributed by atoms with E-state index in [-0.39, 0.29) is 6.61 Å². The Labute approximate surface area is 121 Å². The van der Waals surface area contributed by atoms with Gasteiger partial charge in [0.05, 0.1) is 11.9 Å². The minimum absolute atomic E-state index is 0.138. The second-order valence-corrected chi connectivity index (χ2v) is 4.72. The molecular formula is C16H13FN2O2. The van der Waals surface area contributed by atoms with Crippen molar-refractivity contribution in [2.75, 3.05) is 11.6 Å². The molecule has 0 fully saturated rings. The molecule has 0 saturated carbocycles. The molecule has 1 aliphatic rings. The molecule has 0 atom stereocenters. The molecule has 5 heteroatoms. The number of rotatable bonds is 2. The zero-order valence-electron chi connectivity index (χ0n) is 11.4. The summed E-state index contributed by atoms with van der Waals surface area (Å²) < 4.78 is 19.1. The lowest BCUT2D eigenvalue weighted by Crippen LogP contribution is -2.31. The van der Waals surface area contributed by atoms with Crippen LogP contribution in [0.4, 0.5) is 14.9 Å². The summed E-state index contributed by atoms with van der Waals surface area (Å²) in [6.07, 6.45) is 0.840. The van der Waals surface area contributed by atoms with Crippen molar-refractivity contribution in [1.82, 2.24) is 0 Å². The Morgan fingerprint density at radius 2 is 1.95 bits per heavy atom. The topological polar surface area (TPSA) is 41.9 Å². The van der Waals surface area contributed by atoms with Crippen LogP contribution in [0.2, 0.25) is 0 Å². The third-order valence-electron chi connectivity index (χ3n) is 3.21. The number of carbonyl (C=O) groups excluding carboxylic acids is 1. The molecule has 0 aromatic heterocycles. The van der Waals surface area contributed by atoms with Gasteiger partial charge in [-0.1, -0.05) is 29.8 Å². The molecule has 2 aromatic rings. The Balaban J connectivity index is 1.96. The van der Waals surface area contributed by atoms with Crippen molar-refractivity contribution in [2.45, 2.75) is 6.92 Å². The second-order valence-electron chi connectivity index (χ2n) is 4.72. The first kappa shape index (κ1) is 13.3. The van der Waals surface area contributed by atoms with Gasteiger partial charge in [-0.25, -0.2) is 9.18 Å². The summed E-state index contributed by atoms with van der Waals surface area (Å²) in [5.41, 5.74) is 2.72. The quantitative estimate of drug-likeness (QED) is 0.843. The van der Waals surface area contributed by atoms with E-state index in [1.54, 1.807) is 12.1 Å². The highest BCUT2D eigenvalue weighted by atomic mass is 19.1. The zero-order chi connectivity index (χ0) is 14.8. The average Bonchev–Trinajstić information content (AvgIpc) is 2.49. The van der Waals surface area contributed by atoms with Gasteiger partial charge >= 0.3 is 6.09 Å². The maximum absolute atomic E-state index is 14.3. The molecule has 21 heavy (non-hydrogen) atoms. The van der Waals surface area contributed by atoms with Crippen molar-refractivity contribution in [3.63, 3.8) is 0 Å². The Bertz CT molecular complexity index is 711. The highest BCUT2D eigenvalue weighted by molar-refractivity contribution is 5.91. The van der Waals surface area contributed by atoms with Crippen LogP contribution < -0.4 is 5.01 Å². The van der Waals surface area contributed by atoms with Gasteiger partial charge in [-0.2, -0.15) is 10.1 Å². The third-order valence-corrected chi connectivity index (χ3v) is 3.21. The summed E-state index contributed by atoms with van der Waals surface area (Å²) in [4.78, 5) is 11.6. The van der Waals surface area contributed by atoms with Crippen molar-refractivity contribution in [1.29, 1.82) is 0 Å². The van der Waals surface area contributed by atoms with Crippen molar-refractivity contribution in [3.05, 3.63) is 53.8 Å². The average molecular weight is 284 g/mol. The number of halogens is 1. The summed E-state index contributed by atoms with van der Waals surface area (Å²) in [6.45, 7) is 2.11. The van der Waals surface area contributed by atoms with Crippen molar-refractivity contribution in [2.24, 2.45) is 5.10 Å². The maximum Gasteiger partial charge on any atom is 0.435 e. The molecule has 0 spiro atoms. The monoisotopic (exact) mass is 284 g/mol. The first-order valence-corrected chi connectivity index (χ1v) is 6.51. The standard InChI is InChI=1S/C16H13FN2O2/c1-11-2-4-12(5-3-11)14-7-6-13(10-15(14)17)19-16(20)21-9-8-18-19/h2-8,10H,9H2,1H3. The van der Waals surface area contributed by atoms with E-state index in [1.165, 1.54) is 12.3 Å². The second kappa shape index (κ2) is 5.36. The van der Waals surface area contributed by atoms with Gasteiger partial charge in [-0.15, -0.1) is 0 Å². The highest BCUT2D eigenvalue weighted by Gasteiger charge is 2.20. The fourth-order valence-electron chi connectivity index (χ4n) is 2.11. The van der Waals surface area contributed by atoms with Crippen molar-refractivity contribution in [3.8, 4) is 11.1 Å². The largest absolute Gasteiger partial charge is 0.442 e. The number of ether oxygens (including phenoxy) is 1. The normalized spacial score (nSPS) is 14.2. The molecule has 0 saturated heterocycles. The minimum atomic E-state index is -0.611. The molecule has 0 aliphatic carbocycles. The van der Waals surface area contributed by atoms with Crippen LogP contribution >= 0.6 is 0 Å². The van der Waals surface area contributed by atoms with E-state index in [9.17, 15) is 9.18 Å². The number of carbonyl (C=O) groups is 1. The number of hydrazone groups is 1. The summed E-state index contributed by atoms with van der Waals surface area (Å²) in [5.74, 6) is -0.412. The van der Waals surface area contributed by atoms with Gasteiger partial charge in [0.15, 0.2) is 0 Å². The number of benzene rings is 2. The molecule has 0 unspecified atom stereocenters. The van der Waals surface area contributed by atoms with Gasteiger partial charge in [0, 0.05) is 11.6 Å². The predicted molar refractivity (Wildman–Crippen MR) is 78.9 cm³/mol. The van der Waals surface area contributed by atoms with Crippen molar-refractivity contribution < 1.29 is 13.9 Å². The lowest BCUT2D eigenvalue weighted by atomic mass is 10.0. The van der Waals surface area contributed by atoms with E-state index in [0.717, 1.165) is 16.1 Å². The van der Waals surface area contributed by atoms with Gasteiger partial charge in [0.1, 0.15) is 12.4 Å². The Hall–Kier alpha value is -2.69. The molecule has 0 bridgehead atoms. The van der Waals surface area contributed by atoms with Crippen LogP contribution in [-0.4, -0.2) is 18.9 Å². The van der Waals surface area contributed by atoms with Gasteiger partial charge in [-0.05, 0) is 24.6 Å². The van der Waals surface area contributed by atoms with Crippen LogP contribution in [0.3, 0.4) is 0 Å². The van der Waals surface area contributed by atoms with E-state index in [1.807, 2.05) is 31.2 Å². The van der Waals surface area contributed by atoms with Gasteiger partial charge in [0.25, 0.3) is 0 Å². The lowest BCUT2D eigenvalue weighted by Gasteiger charge is -2.20. The van der Waals surface area contributed by atoms with Crippen molar-refractivity contribution >= 4 is 18.0 Å². The smallest absolute Gasteiger partial charge is 0.435 e. The van der Waals surface area contributed by atoms with Crippen LogP contribution in [-0.2, 0) is 4.74 Å². The number of nitrogens with zero attached hydrogens (tertiary/aromatic N) is 2. The number of aryl methyl sites for hydroxylation is 1. The predicted octanol–water partition coefficient (Wildman–Crippen LogP) is 3.74. The van der Waals surface area contributed by atoms with E-state index in [0.29, 0.717) is 11.3 Å². The van der Waals surface area contributed by atoms with Crippen LogP contribution in [0.1, 0.15) is 5.56 Å². The number of hydrogen-bond donors (Lipinski definition) is 0. The fraction of sp³-hybridized carbons (Fsp3) is 0.125. The highest BCUT2D eigenvalue weighted by Crippen LogP contribution is 2.28. The van der Waals surface area contributed by atoms with E-state index in [2.05, 4.69) is 5.10 Å². The molecule has 0 radical (unpaired) electrons. The summed E-state index contributed by atoms with van der Waals surface area (Å²) in [7, 11) is 0. The molecule has 2 aromatic carbocycles. The Morgan fingerprint density at radius 3 is 2.62 bits per heavy atom. The first-order chi connectivity index (χ1) is 10.1. The van der Waals surface area contributed by atoms with E-state index >= 15 is 0 Å². The molecule has 3 rings (SSSR count). The van der Waals surface area contributed by atoms with Gasteiger partial charge < -0.3 is 4.74 Å². The van der Waals surface area contributed by atoms with Crippen LogP contribution in [0.5, 0.6) is 0 Å². The molecule has 1 amide bonds. The molecule has 1 heterocycles. The SMILES string of the molecule is Cc1ccc(-c2ccc(N3N=CCOC3=O)cc2F)cc1. The van der Waals surface area contributed by atoms with E-state index < -0.39 is 11.9 Å². The van der Waals surface area contributed by atoms with Gasteiger partial charge in [0.2, 0.25) is 0 Å². The Kier molecular flexibility index (Phi) is 3.39. The number of amides is 1. The molecular weight excluding hydrogens is 271 g/mol.